The first-order valence-corrected chi connectivity index (χ1v) is 7.44. The van der Waals surface area contributed by atoms with Crippen LogP contribution in [0.3, 0.4) is 0 Å². The second-order valence-corrected chi connectivity index (χ2v) is 5.88. The molecule has 4 heteroatoms. The second kappa shape index (κ2) is 6.84. The van der Waals surface area contributed by atoms with Crippen molar-refractivity contribution >= 4 is 5.97 Å². The average Bonchev–Trinajstić information content (AvgIpc) is 2.46. The van der Waals surface area contributed by atoms with Crippen LogP contribution in [0.5, 0.6) is 0 Å². The van der Waals surface area contributed by atoms with Crippen LogP contribution in [-0.4, -0.2) is 40.1 Å². The number of aromatic nitrogens is 1. The molecule has 1 heterocycles. The molecule has 110 valence electrons. The SMILES string of the molecule is CN(CCc1ccncc1)C1(CC(=O)O)CCCCC1. The molecule has 1 aliphatic carbocycles. The van der Waals surface area contributed by atoms with Gasteiger partial charge >= 0.3 is 5.97 Å². The van der Waals surface area contributed by atoms with Gasteiger partial charge in [0.2, 0.25) is 0 Å². The normalized spacial score (nSPS) is 18.1. The highest BCUT2D eigenvalue weighted by Crippen LogP contribution is 2.35. The van der Waals surface area contributed by atoms with Crippen molar-refractivity contribution in [2.24, 2.45) is 0 Å². The molecule has 1 aromatic heterocycles. The molecule has 0 aromatic carbocycles. The Morgan fingerprint density at radius 1 is 1.30 bits per heavy atom. The summed E-state index contributed by atoms with van der Waals surface area (Å²) in [6, 6.07) is 4.05. The van der Waals surface area contributed by atoms with E-state index in [1.165, 1.54) is 12.0 Å². The summed E-state index contributed by atoms with van der Waals surface area (Å²) in [6.45, 7) is 0.900. The van der Waals surface area contributed by atoms with Crippen LogP contribution >= 0.6 is 0 Å². The summed E-state index contributed by atoms with van der Waals surface area (Å²) in [5, 5.41) is 9.23. The van der Waals surface area contributed by atoms with Gasteiger partial charge in [-0.1, -0.05) is 19.3 Å². The minimum atomic E-state index is -0.678. The first-order chi connectivity index (χ1) is 9.62. The minimum Gasteiger partial charge on any atom is -0.481 e. The Kier molecular flexibility index (Phi) is 5.12. The summed E-state index contributed by atoms with van der Waals surface area (Å²) in [5.41, 5.74) is 1.12. The van der Waals surface area contributed by atoms with Crippen LogP contribution in [0.4, 0.5) is 0 Å². The number of hydrogen-bond acceptors (Lipinski definition) is 3. The lowest BCUT2D eigenvalue weighted by atomic mass is 9.78. The summed E-state index contributed by atoms with van der Waals surface area (Å²) >= 11 is 0. The van der Waals surface area contributed by atoms with Crippen molar-refractivity contribution in [1.29, 1.82) is 0 Å². The van der Waals surface area contributed by atoms with Crippen LogP contribution in [-0.2, 0) is 11.2 Å². The first-order valence-electron chi connectivity index (χ1n) is 7.44. The lowest BCUT2D eigenvalue weighted by molar-refractivity contribution is -0.141. The third kappa shape index (κ3) is 3.79. The van der Waals surface area contributed by atoms with E-state index in [1.807, 2.05) is 24.5 Å². The Labute approximate surface area is 120 Å². The fourth-order valence-electron chi connectivity index (χ4n) is 3.27. The summed E-state index contributed by atoms with van der Waals surface area (Å²) in [5.74, 6) is -0.678. The standard InChI is InChI=1S/C16H24N2O2/c1-18(12-7-14-5-10-17-11-6-14)16(13-15(19)20)8-3-2-4-9-16/h5-6,10-11H,2-4,7-9,12-13H2,1H3,(H,19,20). The topological polar surface area (TPSA) is 53.4 Å². The number of carboxylic acids is 1. The summed E-state index contributed by atoms with van der Waals surface area (Å²) < 4.78 is 0. The molecule has 0 amide bonds. The van der Waals surface area contributed by atoms with Crippen molar-refractivity contribution in [3.8, 4) is 0 Å². The number of hydrogen-bond donors (Lipinski definition) is 1. The zero-order valence-corrected chi connectivity index (χ0v) is 12.2. The van der Waals surface area contributed by atoms with Crippen LogP contribution < -0.4 is 0 Å². The molecule has 2 rings (SSSR count). The van der Waals surface area contributed by atoms with E-state index in [9.17, 15) is 9.90 Å². The van der Waals surface area contributed by atoms with E-state index < -0.39 is 5.97 Å². The van der Waals surface area contributed by atoms with Gasteiger partial charge < -0.3 is 5.11 Å². The van der Waals surface area contributed by atoms with Crippen molar-refractivity contribution in [2.75, 3.05) is 13.6 Å². The predicted molar refractivity (Wildman–Crippen MR) is 78.6 cm³/mol. The van der Waals surface area contributed by atoms with E-state index in [-0.39, 0.29) is 12.0 Å². The number of rotatable bonds is 6. The summed E-state index contributed by atoms with van der Waals surface area (Å²) in [7, 11) is 2.08. The number of pyridine rings is 1. The van der Waals surface area contributed by atoms with Gasteiger partial charge in [0, 0.05) is 24.5 Å². The van der Waals surface area contributed by atoms with Crippen LogP contribution in [0, 0.1) is 0 Å². The summed E-state index contributed by atoms with van der Waals surface area (Å²) in [4.78, 5) is 17.5. The van der Waals surface area contributed by atoms with E-state index in [0.717, 1.165) is 38.6 Å². The van der Waals surface area contributed by atoms with Crippen molar-refractivity contribution in [3.05, 3.63) is 30.1 Å². The largest absolute Gasteiger partial charge is 0.481 e. The summed E-state index contributed by atoms with van der Waals surface area (Å²) in [6.07, 6.45) is 10.4. The second-order valence-electron chi connectivity index (χ2n) is 5.88. The van der Waals surface area contributed by atoms with Crippen LogP contribution in [0.25, 0.3) is 0 Å². The molecule has 1 saturated carbocycles. The van der Waals surface area contributed by atoms with Gasteiger partial charge in [0.15, 0.2) is 0 Å². The number of carbonyl (C=O) groups is 1. The smallest absolute Gasteiger partial charge is 0.305 e. The quantitative estimate of drug-likeness (QED) is 0.868. The van der Waals surface area contributed by atoms with Gasteiger partial charge in [-0.25, -0.2) is 0 Å². The van der Waals surface area contributed by atoms with Gasteiger partial charge in [-0.05, 0) is 44.0 Å². The van der Waals surface area contributed by atoms with Gasteiger partial charge in [0.25, 0.3) is 0 Å². The molecular formula is C16H24N2O2. The maximum absolute atomic E-state index is 11.2. The highest BCUT2D eigenvalue weighted by Gasteiger charge is 2.37. The van der Waals surface area contributed by atoms with Crippen LogP contribution in [0.15, 0.2) is 24.5 Å². The number of carboxylic acid groups (broad SMARTS) is 1. The molecule has 0 atom stereocenters. The lowest BCUT2D eigenvalue weighted by Crippen LogP contribution is -2.50. The third-order valence-corrected chi connectivity index (χ3v) is 4.56. The number of nitrogens with zero attached hydrogens (tertiary/aromatic N) is 2. The average molecular weight is 276 g/mol. The van der Waals surface area contributed by atoms with Gasteiger partial charge in [-0.15, -0.1) is 0 Å². The molecule has 4 nitrogen and oxygen atoms in total. The molecular weight excluding hydrogens is 252 g/mol. The molecule has 0 aliphatic heterocycles. The Morgan fingerprint density at radius 2 is 1.95 bits per heavy atom. The van der Waals surface area contributed by atoms with Crippen LogP contribution in [0.1, 0.15) is 44.1 Å². The van der Waals surface area contributed by atoms with E-state index in [4.69, 9.17) is 0 Å². The molecule has 0 saturated heterocycles. The van der Waals surface area contributed by atoms with Crippen molar-refractivity contribution in [1.82, 2.24) is 9.88 Å². The molecule has 20 heavy (non-hydrogen) atoms. The molecule has 0 unspecified atom stereocenters. The predicted octanol–water partition coefficient (Wildman–Crippen LogP) is 2.73. The van der Waals surface area contributed by atoms with E-state index >= 15 is 0 Å². The van der Waals surface area contributed by atoms with Crippen LogP contribution in [0.2, 0.25) is 0 Å². The Balaban J connectivity index is 1.99. The van der Waals surface area contributed by atoms with Crippen molar-refractivity contribution < 1.29 is 9.90 Å². The van der Waals surface area contributed by atoms with Gasteiger partial charge in [0.1, 0.15) is 0 Å². The Morgan fingerprint density at radius 3 is 2.55 bits per heavy atom. The van der Waals surface area contributed by atoms with Crippen molar-refractivity contribution in [2.45, 2.75) is 50.5 Å². The maximum Gasteiger partial charge on any atom is 0.305 e. The molecule has 1 fully saturated rings. The Hall–Kier alpha value is -1.42. The fraction of sp³-hybridized carbons (Fsp3) is 0.625. The van der Waals surface area contributed by atoms with Gasteiger partial charge in [-0.2, -0.15) is 0 Å². The van der Waals surface area contributed by atoms with E-state index in [0.29, 0.717) is 0 Å². The third-order valence-electron chi connectivity index (χ3n) is 4.56. The molecule has 0 bridgehead atoms. The molecule has 1 aromatic rings. The molecule has 0 radical (unpaired) electrons. The van der Waals surface area contributed by atoms with Crippen molar-refractivity contribution in [3.63, 3.8) is 0 Å². The zero-order chi connectivity index (χ0) is 14.4. The highest BCUT2D eigenvalue weighted by atomic mass is 16.4. The van der Waals surface area contributed by atoms with Gasteiger partial charge in [0.05, 0.1) is 6.42 Å². The maximum atomic E-state index is 11.2. The lowest BCUT2D eigenvalue weighted by Gasteiger charge is -2.44. The monoisotopic (exact) mass is 276 g/mol. The molecule has 1 N–H and O–H groups in total. The zero-order valence-electron chi connectivity index (χ0n) is 12.2. The Bertz CT molecular complexity index is 427. The number of likely N-dealkylation sites (N-methyl/N-ethyl adjacent to an activating group) is 1. The van der Waals surface area contributed by atoms with E-state index in [1.54, 1.807) is 0 Å². The van der Waals surface area contributed by atoms with Gasteiger partial charge in [-0.3, -0.25) is 14.7 Å². The molecule has 0 spiro atoms. The number of aliphatic carboxylic acids is 1. The molecule has 1 aliphatic rings. The fourth-order valence-corrected chi connectivity index (χ4v) is 3.27. The first kappa shape index (κ1) is 15.0. The van der Waals surface area contributed by atoms with E-state index in [2.05, 4.69) is 16.9 Å². The highest BCUT2D eigenvalue weighted by molar-refractivity contribution is 5.68. The minimum absolute atomic E-state index is 0.142.